The van der Waals surface area contributed by atoms with Gasteiger partial charge in [0.2, 0.25) is 0 Å². The lowest BCUT2D eigenvalue weighted by atomic mass is 9.78. The third kappa shape index (κ3) is 1.96. The molecule has 0 spiro atoms. The van der Waals surface area contributed by atoms with Crippen molar-refractivity contribution in [1.29, 1.82) is 0 Å². The molecular formula is C8H17NO. The maximum absolute atomic E-state index is 8.51. The first-order valence-corrected chi connectivity index (χ1v) is 4.13. The topological polar surface area (TPSA) is 32.3 Å². The lowest BCUT2D eigenvalue weighted by Crippen LogP contribution is -2.48. The van der Waals surface area contributed by atoms with E-state index in [4.69, 9.17) is 5.11 Å². The second-order valence-corrected chi connectivity index (χ2v) is 3.42. The normalized spacial score (nSPS) is 22.2. The van der Waals surface area contributed by atoms with Crippen LogP contribution >= 0.6 is 0 Å². The predicted molar refractivity (Wildman–Crippen MR) is 42.0 cm³/mol. The third-order valence-corrected chi connectivity index (χ3v) is 2.34. The number of aliphatic hydroxyl groups excluding tert-OH is 1. The quantitative estimate of drug-likeness (QED) is 0.573. The molecule has 0 saturated heterocycles. The highest BCUT2D eigenvalue weighted by atomic mass is 16.3. The molecule has 0 aromatic rings. The molecule has 0 aromatic carbocycles. The van der Waals surface area contributed by atoms with Gasteiger partial charge in [-0.1, -0.05) is 0 Å². The average molecular weight is 143 g/mol. The second-order valence-electron chi connectivity index (χ2n) is 3.42. The number of hydrogen-bond donors (Lipinski definition) is 2. The van der Waals surface area contributed by atoms with Crippen molar-refractivity contribution >= 4 is 0 Å². The van der Waals surface area contributed by atoms with Gasteiger partial charge in [-0.15, -0.1) is 0 Å². The van der Waals surface area contributed by atoms with Crippen LogP contribution in [0.15, 0.2) is 0 Å². The molecule has 0 amide bonds. The van der Waals surface area contributed by atoms with Crippen LogP contribution in [0.3, 0.4) is 0 Å². The zero-order chi connectivity index (χ0) is 7.45. The lowest BCUT2D eigenvalue weighted by molar-refractivity contribution is 0.199. The number of hydrogen-bond acceptors (Lipinski definition) is 2. The molecule has 1 aliphatic rings. The molecule has 1 aliphatic carbocycles. The van der Waals surface area contributed by atoms with Gasteiger partial charge in [0.25, 0.3) is 0 Å². The molecule has 2 N–H and O–H groups in total. The lowest BCUT2D eigenvalue weighted by Gasteiger charge is -2.39. The van der Waals surface area contributed by atoms with Crippen LogP contribution in [0.4, 0.5) is 0 Å². The monoisotopic (exact) mass is 143 g/mol. The molecular weight excluding hydrogens is 126 g/mol. The summed E-state index contributed by atoms with van der Waals surface area (Å²) in [5.41, 5.74) is 0.412. The van der Waals surface area contributed by atoms with Gasteiger partial charge in [-0.05, 0) is 39.2 Å². The highest BCUT2D eigenvalue weighted by molar-refractivity contribution is 4.90. The molecule has 0 atom stereocenters. The highest BCUT2D eigenvalue weighted by Crippen LogP contribution is 2.30. The summed E-state index contributed by atoms with van der Waals surface area (Å²) in [5.74, 6) is 0. The predicted octanol–water partition coefficient (Wildman–Crippen LogP) is 0.901. The zero-order valence-electron chi connectivity index (χ0n) is 6.69. The largest absolute Gasteiger partial charge is 0.396 e. The Labute approximate surface area is 62.6 Å². The van der Waals surface area contributed by atoms with E-state index in [9.17, 15) is 0 Å². The van der Waals surface area contributed by atoms with E-state index in [0.29, 0.717) is 12.1 Å². The Bertz CT molecular complexity index is 99.4. The van der Waals surface area contributed by atoms with E-state index < -0.39 is 0 Å². The van der Waals surface area contributed by atoms with Gasteiger partial charge in [0, 0.05) is 12.1 Å². The Morgan fingerprint density at radius 3 is 2.60 bits per heavy atom. The number of aliphatic hydroxyl groups is 1. The SMILES string of the molecule is CC1(NCCCO)CCC1. The standard InChI is InChI=1S/C8H17NO/c1-8(4-2-5-8)9-6-3-7-10/h9-10H,2-7H2,1H3. The van der Waals surface area contributed by atoms with Gasteiger partial charge >= 0.3 is 0 Å². The van der Waals surface area contributed by atoms with Crippen LogP contribution < -0.4 is 5.32 Å². The van der Waals surface area contributed by atoms with Gasteiger partial charge < -0.3 is 10.4 Å². The molecule has 2 heteroatoms. The summed E-state index contributed by atoms with van der Waals surface area (Å²) in [4.78, 5) is 0. The molecule has 1 saturated carbocycles. The molecule has 0 heterocycles. The summed E-state index contributed by atoms with van der Waals surface area (Å²) < 4.78 is 0. The molecule has 1 fully saturated rings. The van der Waals surface area contributed by atoms with E-state index in [1.54, 1.807) is 0 Å². The van der Waals surface area contributed by atoms with Gasteiger partial charge in [-0.25, -0.2) is 0 Å². The number of nitrogens with one attached hydrogen (secondary N) is 1. The minimum atomic E-state index is 0.309. The van der Waals surface area contributed by atoms with Crippen molar-refractivity contribution in [2.45, 2.75) is 38.1 Å². The van der Waals surface area contributed by atoms with Crippen LogP contribution in [0.25, 0.3) is 0 Å². The molecule has 2 nitrogen and oxygen atoms in total. The van der Waals surface area contributed by atoms with Gasteiger partial charge in [-0.3, -0.25) is 0 Å². The maximum atomic E-state index is 8.51. The van der Waals surface area contributed by atoms with Crippen molar-refractivity contribution in [3.63, 3.8) is 0 Å². The molecule has 0 unspecified atom stereocenters. The van der Waals surface area contributed by atoms with Gasteiger partial charge in [0.05, 0.1) is 0 Å². The second kappa shape index (κ2) is 3.35. The van der Waals surface area contributed by atoms with Crippen molar-refractivity contribution in [3.05, 3.63) is 0 Å². The summed E-state index contributed by atoms with van der Waals surface area (Å²) in [5, 5.41) is 12.0. The fourth-order valence-electron chi connectivity index (χ4n) is 1.35. The first-order chi connectivity index (χ1) is 4.77. The van der Waals surface area contributed by atoms with Crippen molar-refractivity contribution in [2.24, 2.45) is 0 Å². The Morgan fingerprint density at radius 2 is 2.20 bits per heavy atom. The summed E-state index contributed by atoms with van der Waals surface area (Å²) in [7, 11) is 0. The molecule has 0 aliphatic heterocycles. The van der Waals surface area contributed by atoms with Crippen LogP contribution in [0.5, 0.6) is 0 Å². The third-order valence-electron chi connectivity index (χ3n) is 2.34. The summed E-state index contributed by atoms with van der Waals surface area (Å²) >= 11 is 0. The summed E-state index contributed by atoms with van der Waals surface area (Å²) in [6.45, 7) is 3.53. The van der Waals surface area contributed by atoms with E-state index in [1.807, 2.05) is 0 Å². The molecule has 1 rings (SSSR count). The average Bonchev–Trinajstić information content (AvgIpc) is 1.85. The fraction of sp³-hybridized carbons (Fsp3) is 1.00. The smallest absolute Gasteiger partial charge is 0.0443 e. The van der Waals surface area contributed by atoms with Crippen LogP contribution in [0.2, 0.25) is 0 Å². The van der Waals surface area contributed by atoms with E-state index in [2.05, 4.69) is 12.2 Å². The first-order valence-electron chi connectivity index (χ1n) is 4.13. The van der Waals surface area contributed by atoms with E-state index in [0.717, 1.165) is 13.0 Å². The van der Waals surface area contributed by atoms with Crippen LogP contribution in [-0.2, 0) is 0 Å². The highest BCUT2D eigenvalue weighted by Gasteiger charge is 2.30. The molecule has 10 heavy (non-hydrogen) atoms. The van der Waals surface area contributed by atoms with Crippen molar-refractivity contribution in [2.75, 3.05) is 13.2 Å². The maximum Gasteiger partial charge on any atom is 0.0443 e. The van der Waals surface area contributed by atoms with Crippen molar-refractivity contribution in [1.82, 2.24) is 5.32 Å². The van der Waals surface area contributed by atoms with Gasteiger partial charge in [0.1, 0.15) is 0 Å². The molecule has 60 valence electrons. The number of rotatable bonds is 4. The zero-order valence-corrected chi connectivity index (χ0v) is 6.69. The van der Waals surface area contributed by atoms with Crippen LogP contribution in [0.1, 0.15) is 32.6 Å². The Kier molecular flexibility index (Phi) is 2.69. The Balaban J connectivity index is 2.01. The first kappa shape index (κ1) is 8.02. The Hall–Kier alpha value is -0.0800. The molecule has 0 aromatic heterocycles. The van der Waals surface area contributed by atoms with Crippen LogP contribution in [0, 0.1) is 0 Å². The minimum absolute atomic E-state index is 0.309. The van der Waals surface area contributed by atoms with Crippen molar-refractivity contribution in [3.8, 4) is 0 Å². The van der Waals surface area contributed by atoms with Crippen LogP contribution in [-0.4, -0.2) is 23.8 Å². The molecule has 0 radical (unpaired) electrons. The minimum Gasteiger partial charge on any atom is -0.396 e. The fourth-order valence-corrected chi connectivity index (χ4v) is 1.35. The van der Waals surface area contributed by atoms with Crippen molar-refractivity contribution < 1.29 is 5.11 Å². The van der Waals surface area contributed by atoms with Gasteiger partial charge in [0.15, 0.2) is 0 Å². The van der Waals surface area contributed by atoms with E-state index >= 15 is 0 Å². The molecule has 0 bridgehead atoms. The van der Waals surface area contributed by atoms with E-state index in [-0.39, 0.29) is 0 Å². The summed E-state index contributed by atoms with van der Waals surface area (Å²) in [6, 6.07) is 0. The van der Waals surface area contributed by atoms with E-state index in [1.165, 1.54) is 19.3 Å². The summed E-state index contributed by atoms with van der Waals surface area (Å²) in [6.07, 6.45) is 4.86. The Morgan fingerprint density at radius 1 is 1.50 bits per heavy atom. The van der Waals surface area contributed by atoms with Gasteiger partial charge in [-0.2, -0.15) is 0 Å².